The topological polar surface area (TPSA) is 89.5 Å². The normalized spacial score (nSPS) is 12.2. The van der Waals surface area contributed by atoms with Crippen LogP contribution in [-0.2, 0) is 5.41 Å². The van der Waals surface area contributed by atoms with E-state index in [0.29, 0.717) is 22.7 Å². The monoisotopic (exact) mass is 884 g/mol. The lowest BCUT2D eigenvalue weighted by atomic mass is 9.85. The summed E-state index contributed by atoms with van der Waals surface area (Å²) in [6.07, 6.45) is 0. The number of benzene rings is 6. The first-order chi connectivity index (χ1) is 29.8. The molecule has 0 amide bonds. The summed E-state index contributed by atoms with van der Waals surface area (Å²) in [4.78, 5) is 0. The zero-order chi connectivity index (χ0) is 45.2. The molecule has 328 valence electrons. The van der Waals surface area contributed by atoms with Gasteiger partial charge in [0.15, 0.2) is 0 Å². The summed E-state index contributed by atoms with van der Waals surface area (Å²) in [5.41, 5.74) is 14.5. The maximum atomic E-state index is 7.17. The maximum Gasteiger partial charge on any atom is 0.453 e. The Morgan fingerprint density at radius 2 is 0.825 bits per heavy atom. The molecule has 2 aromatic heterocycles. The third-order valence-corrected chi connectivity index (χ3v) is 13.6. The summed E-state index contributed by atoms with van der Waals surface area (Å²) in [6, 6.07) is 25.2. The molecule has 0 fully saturated rings. The molecule has 0 aliphatic rings. The summed E-state index contributed by atoms with van der Waals surface area (Å²) in [5, 5.41) is 3.69. The molecule has 0 aliphatic heterocycles. The van der Waals surface area contributed by atoms with Crippen molar-refractivity contribution in [2.45, 2.75) is 101 Å². The van der Waals surface area contributed by atoms with Gasteiger partial charge in [-0.25, -0.2) is 0 Å². The highest BCUT2D eigenvalue weighted by molar-refractivity contribution is 7.32. The maximum absolute atomic E-state index is 7.17. The van der Waals surface area contributed by atoms with Gasteiger partial charge in [-0.05, 0) is 160 Å². The summed E-state index contributed by atoms with van der Waals surface area (Å²) < 4.78 is 53.7. The van der Waals surface area contributed by atoms with Crippen molar-refractivity contribution in [3.8, 4) is 34.1 Å². The van der Waals surface area contributed by atoms with Gasteiger partial charge in [0.1, 0.15) is 45.3 Å². The van der Waals surface area contributed by atoms with Crippen molar-refractivity contribution in [3.05, 3.63) is 128 Å². The van der Waals surface area contributed by atoms with E-state index in [1.165, 1.54) is 0 Å². The fourth-order valence-corrected chi connectivity index (χ4v) is 11.2. The average Bonchev–Trinajstić information content (AvgIpc) is 3.46. The van der Waals surface area contributed by atoms with Crippen molar-refractivity contribution in [1.82, 2.24) is 0 Å². The van der Waals surface area contributed by atoms with Gasteiger partial charge in [0.25, 0.3) is 0 Å². The fraction of sp³-hybridized carbons (Fsp3) is 0.321. The smallest absolute Gasteiger partial charge is 0.453 e. The number of aryl methyl sites for hydroxylation is 8. The lowest BCUT2D eigenvalue weighted by molar-refractivity contribution is 0.413. The van der Waals surface area contributed by atoms with Crippen LogP contribution >= 0.6 is 16.5 Å². The quantitative estimate of drug-likeness (QED) is 0.149. The Morgan fingerprint density at radius 1 is 0.444 bits per heavy atom. The van der Waals surface area contributed by atoms with E-state index in [2.05, 4.69) is 139 Å². The molecule has 0 radical (unpaired) electrons. The molecule has 0 spiro atoms. The van der Waals surface area contributed by atoms with Gasteiger partial charge in [-0.1, -0.05) is 58.9 Å². The molecule has 1 unspecified atom stereocenters. The van der Waals surface area contributed by atoms with Crippen LogP contribution in [0.25, 0.3) is 55.0 Å². The molecule has 6 aromatic carbocycles. The van der Waals surface area contributed by atoms with Gasteiger partial charge in [-0.2, -0.15) is 0 Å². The minimum absolute atomic E-state index is 0.0986. The summed E-state index contributed by atoms with van der Waals surface area (Å²) >= 11 is 0. The van der Waals surface area contributed by atoms with E-state index in [4.69, 9.17) is 35.3 Å². The lowest BCUT2D eigenvalue weighted by Crippen LogP contribution is -2.11. The van der Waals surface area contributed by atoms with Gasteiger partial charge in [-0.15, -0.1) is 0 Å². The fourth-order valence-electron chi connectivity index (χ4n) is 8.71. The first-order valence-electron chi connectivity index (χ1n) is 21.4. The molecular formula is C53H58O8P2. The SMILES string of the molecule is COc1cc(C(C)C)c2op(Oc3c(C)cc(C)cc3-c3cc(C)cc(C)c3Op3oc4c(C)cc(C)cc4c4cc(C)cc(C)c4o3)oc3c(C(C)(C)C)cc(OC)cc3c2c1. The highest BCUT2D eigenvalue weighted by Gasteiger charge is 2.26. The molecule has 8 nitrogen and oxygen atoms in total. The van der Waals surface area contributed by atoms with E-state index in [0.717, 1.165) is 111 Å². The molecule has 0 bridgehead atoms. The summed E-state index contributed by atoms with van der Waals surface area (Å²) in [7, 11) is -0.696. The molecule has 0 aliphatic carbocycles. The Hall–Kier alpha value is -5.68. The van der Waals surface area contributed by atoms with Crippen molar-refractivity contribution in [1.29, 1.82) is 0 Å². The van der Waals surface area contributed by atoms with E-state index in [1.54, 1.807) is 14.2 Å². The van der Waals surface area contributed by atoms with Crippen molar-refractivity contribution < 1.29 is 35.3 Å². The number of hydrogen-bond donors (Lipinski definition) is 0. The number of rotatable bonds is 8. The van der Waals surface area contributed by atoms with E-state index >= 15 is 0 Å². The van der Waals surface area contributed by atoms with Crippen LogP contribution in [0.5, 0.6) is 23.0 Å². The largest absolute Gasteiger partial charge is 0.497 e. The molecule has 10 heteroatoms. The van der Waals surface area contributed by atoms with Crippen LogP contribution in [0, 0.1) is 55.4 Å². The Balaban J connectivity index is 1.39. The van der Waals surface area contributed by atoms with E-state index in [-0.39, 0.29) is 11.3 Å². The first-order valence-corrected chi connectivity index (χ1v) is 23.6. The van der Waals surface area contributed by atoms with Gasteiger partial charge in [0.05, 0.1) is 14.2 Å². The van der Waals surface area contributed by atoms with Crippen LogP contribution < -0.4 is 18.5 Å². The standard InChI is InChI=1S/C53H58O8P2/c1-28(2)39-24-37(54-14)25-44-45-26-38(55-15)27-46(53(11,12)13)52(45)61-63(60-51(39)44)59-50-36(10)19-32(6)23-43(50)42-22-31(5)18-35(9)49(42)58-62-56-47-33(7)16-29(3)20-40(47)41-21-30(4)17-34(8)48(41)57-62/h16-28H,1-15H3. The van der Waals surface area contributed by atoms with Gasteiger partial charge in [0, 0.05) is 43.8 Å². The van der Waals surface area contributed by atoms with Gasteiger partial charge >= 0.3 is 16.5 Å². The van der Waals surface area contributed by atoms with Gasteiger partial charge in [0.2, 0.25) is 0 Å². The molecule has 0 saturated heterocycles. The minimum Gasteiger partial charge on any atom is -0.497 e. The number of fused-ring (bicyclic) bond motifs is 6. The molecule has 1 atom stereocenters. The van der Waals surface area contributed by atoms with Gasteiger partial charge < -0.3 is 35.3 Å². The molecule has 8 rings (SSSR count). The minimum atomic E-state index is -2.10. The third kappa shape index (κ3) is 8.44. The van der Waals surface area contributed by atoms with E-state index in [1.807, 2.05) is 24.3 Å². The Morgan fingerprint density at radius 3 is 1.27 bits per heavy atom. The van der Waals surface area contributed by atoms with Crippen LogP contribution in [0.3, 0.4) is 0 Å². The molecule has 0 saturated carbocycles. The molecule has 8 aromatic rings. The summed E-state index contributed by atoms with van der Waals surface area (Å²) in [5.74, 6) is 2.81. The molecule has 2 heterocycles. The van der Waals surface area contributed by atoms with Crippen molar-refractivity contribution >= 4 is 60.4 Å². The van der Waals surface area contributed by atoms with Crippen molar-refractivity contribution in [3.63, 3.8) is 0 Å². The highest BCUT2D eigenvalue weighted by atomic mass is 31.1. The highest BCUT2D eigenvalue weighted by Crippen LogP contribution is 2.50. The second kappa shape index (κ2) is 16.8. The van der Waals surface area contributed by atoms with Crippen LogP contribution in [0.2, 0.25) is 0 Å². The lowest BCUT2D eigenvalue weighted by Gasteiger charge is -2.21. The molecule has 0 N–H and O–H groups in total. The second-order valence-electron chi connectivity index (χ2n) is 18.4. The van der Waals surface area contributed by atoms with Crippen molar-refractivity contribution in [2.75, 3.05) is 14.2 Å². The predicted molar refractivity (Wildman–Crippen MR) is 260 cm³/mol. The zero-order valence-electron chi connectivity index (χ0n) is 39.2. The van der Waals surface area contributed by atoms with Crippen LogP contribution in [0.1, 0.15) is 96.2 Å². The number of hydrogen-bond acceptors (Lipinski definition) is 8. The van der Waals surface area contributed by atoms with E-state index in [9.17, 15) is 0 Å². The van der Waals surface area contributed by atoms with Crippen LogP contribution in [-0.4, -0.2) is 14.2 Å². The second-order valence-corrected chi connectivity index (χ2v) is 20.4. The Labute approximate surface area is 372 Å². The Bertz CT molecular complexity index is 3130. The van der Waals surface area contributed by atoms with Gasteiger partial charge in [-0.3, -0.25) is 0 Å². The van der Waals surface area contributed by atoms with Crippen LogP contribution in [0.15, 0.2) is 89.6 Å². The third-order valence-electron chi connectivity index (χ3n) is 11.6. The van der Waals surface area contributed by atoms with Crippen molar-refractivity contribution in [2.24, 2.45) is 0 Å². The van der Waals surface area contributed by atoms with Crippen LogP contribution in [0.4, 0.5) is 0 Å². The predicted octanol–water partition coefficient (Wildman–Crippen LogP) is 17.2. The molecular weight excluding hydrogens is 827 g/mol. The summed E-state index contributed by atoms with van der Waals surface area (Å²) in [6.45, 7) is 27.5. The number of methoxy groups -OCH3 is 2. The first kappa shape index (κ1) is 43.9. The van der Waals surface area contributed by atoms with E-state index < -0.39 is 16.5 Å². The number of ether oxygens (including phenoxy) is 2. The Kier molecular flexibility index (Phi) is 11.7. The average molecular weight is 885 g/mol. The molecule has 63 heavy (non-hydrogen) atoms. The zero-order valence-corrected chi connectivity index (χ0v) is 41.0.